The molecule has 116 valence electrons. The first-order valence-electron chi connectivity index (χ1n) is 7.40. The maximum atomic E-state index is 14.0. The quantitative estimate of drug-likeness (QED) is 0.887. The number of anilines is 3. The molecule has 4 nitrogen and oxygen atoms in total. The van der Waals surface area contributed by atoms with E-state index in [0.717, 1.165) is 12.1 Å². The first-order chi connectivity index (χ1) is 10.8. The van der Waals surface area contributed by atoms with E-state index < -0.39 is 12.8 Å². The van der Waals surface area contributed by atoms with Crippen molar-refractivity contribution in [2.75, 3.05) is 23.4 Å². The van der Waals surface area contributed by atoms with Gasteiger partial charge < -0.3 is 10.2 Å². The van der Waals surface area contributed by atoms with Crippen LogP contribution in [0.3, 0.4) is 0 Å². The van der Waals surface area contributed by atoms with Crippen molar-refractivity contribution in [3.05, 3.63) is 42.7 Å². The Balaban J connectivity index is 1.92. The molecule has 1 N–H and O–H groups in total. The van der Waals surface area contributed by atoms with Crippen LogP contribution in [0.1, 0.15) is 12.8 Å². The molecule has 1 aliphatic rings. The molecule has 2 aromatic rings. The van der Waals surface area contributed by atoms with Crippen molar-refractivity contribution in [2.24, 2.45) is 0 Å². The van der Waals surface area contributed by atoms with Crippen LogP contribution in [-0.4, -0.2) is 35.4 Å². The van der Waals surface area contributed by atoms with E-state index in [-0.39, 0.29) is 12.6 Å². The van der Waals surface area contributed by atoms with Gasteiger partial charge in [-0.05, 0) is 25.0 Å². The molecular formula is C16H18F2N4. The van der Waals surface area contributed by atoms with E-state index in [1.54, 1.807) is 6.20 Å². The number of rotatable bonds is 6. The molecule has 6 heteroatoms. The van der Waals surface area contributed by atoms with Crippen molar-refractivity contribution < 1.29 is 8.78 Å². The van der Waals surface area contributed by atoms with E-state index in [2.05, 4.69) is 15.3 Å². The summed E-state index contributed by atoms with van der Waals surface area (Å²) < 4.78 is 26.2. The minimum Gasteiger partial charge on any atom is -0.366 e. The van der Waals surface area contributed by atoms with Crippen LogP contribution < -0.4 is 10.2 Å². The fourth-order valence-electron chi connectivity index (χ4n) is 2.55. The highest BCUT2D eigenvalue weighted by atomic mass is 19.1. The second-order valence-corrected chi connectivity index (χ2v) is 5.24. The average Bonchev–Trinajstić information content (AvgIpc) is 2.57. The molecule has 0 saturated heterocycles. The summed E-state index contributed by atoms with van der Waals surface area (Å²) >= 11 is 0. The molecule has 1 aromatic carbocycles. The molecule has 1 fully saturated rings. The molecular weight excluding hydrogens is 286 g/mol. The predicted octanol–water partition coefficient (Wildman–Crippen LogP) is 3.50. The minimum absolute atomic E-state index is 0.179. The summed E-state index contributed by atoms with van der Waals surface area (Å²) in [5.74, 6) is 1.06. The third-order valence-corrected chi connectivity index (χ3v) is 3.79. The summed E-state index contributed by atoms with van der Waals surface area (Å²) in [6.45, 7) is -0.303. The van der Waals surface area contributed by atoms with Gasteiger partial charge in [0.2, 0.25) is 0 Å². The van der Waals surface area contributed by atoms with E-state index >= 15 is 0 Å². The maximum absolute atomic E-state index is 14.0. The fourth-order valence-corrected chi connectivity index (χ4v) is 2.55. The third kappa shape index (κ3) is 3.00. The van der Waals surface area contributed by atoms with Crippen LogP contribution in [0.5, 0.6) is 0 Å². The largest absolute Gasteiger partial charge is 0.366 e. The molecule has 0 spiro atoms. The predicted molar refractivity (Wildman–Crippen MR) is 83.0 cm³/mol. The molecule has 1 unspecified atom stereocenters. The summed E-state index contributed by atoms with van der Waals surface area (Å²) in [5, 5.41) is 2.86. The second-order valence-electron chi connectivity index (χ2n) is 5.24. The molecule has 1 saturated carbocycles. The Hall–Kier alpha value is -2.24. The van der Waals surface area contributed by atoms with Crippen LogP contribution in [0, 0.1) is 0 Å². The molecule has 1 aliphatic carbocycles. The normalized spacial score (nSPS) is 20.3. The average molecular weight is 304 g/mol. The molecule has 22 heavy (non-hydrogen) atoms. The molecule has 1 aromatic heterocycles. The number of para-hydroxylation sites is 1. The minimum atomic E-state index is -0.871. The Kier molecular flexibility index (Phi) is 4.46. The maximum Gasteiger partial charge on any atom is 0.154 e. The van der Waals surface area contributed by atoms with Gasteiger partial charge in [0.15, 0.2) is 5.82 Å². The van der Waals surface area contributed by atoms with Gasteiger partial charge in [-0.2, -0.15) is 0 Å². The summed E-state index contributed by atoms with van der Waals surface area (Å²) in [7, 11) is 0. The Morgan fingerprint density at radius 3 is 2.64 bits per heavy atom. The Labute approximate surface area is 128 Å². The number of alkyl halides is 2. The van der Waals surface area contributed by atoms with Crippen molar-refractivity contribution in [1.82, 2.24) is 9.97 Å². The van der Waals surface area contributed by atoms with E-state index in [1.165, 1.54) is 6.20 Å². The van der Waals surface area contributed by atoms with E-state index in [4.69, 9.17) is 0 Å². The third-order valence-electron chi connectivity index (χ3n) is 3.79. The van der Waals surface area contributed by atoms with Gasteiger partial charge in [0.1, 0.15) is 18.7 Å². The van der Waals surface area contributed by atoms with Crippen LogP contribution >= 0.6 is 0 Å². The van der Waals surface area contributed by atoms with Gasteiger partial charge in [0, 0.05) is 12.2 Å². The summed E-state index contributed by atoms with van der Waals surface area (Å²) in [5.41, 5.74) is 0.881. The van der Waals surface area contributed by atoms with Crippen LogP contribution in [0.4, 0.5) is 26.1 Å². The number of nitrogens with zero attached hydrogens (tertiary/aromatic N) is 3. The lowest BCUT2D eigenvalue weighted by Gasteiger charge is -2.40. The molecule has 3 rings (SSSR count). The van der Waals surface area contributed by atoms with Gasteiger partial charge in [-0.1, -0.05) is 18.2 Å². The van der Waals surface area contributed by atoms with Crippen LogP contribution in [0.25, 0.3) is 0 Å². The second kappa shape index (κ2) is 6.68. The lowest BCUT2D eigenvalue weighted by atomic mass is 9.88. The van der Waals surface area contributed by atoms with E-state index in [1.807, 2.05) is 35.2 Å². The van der Waals surface area contributed by atoms with Gasteiger partial charge in [-0.3, -0.25) is 4.98 Å². The van der Waals surface area contributed by atoms with Crippen molar-refractivity contribution >= 4 is 17.3 Å². The number of halogens is 2. The van der Waals surface area contributed by atoms with Crippen LogP contribution in [0.15, 0.2) is 42.7 Å². The number of nitrogens with one attached hydrogen (secondary N) is 1. The fraction of sp³-hybridized carbons (Fsp3) is 0.375. The topological polar surface area (TPSA) is 41.1 Å². The zero-order chi connectivity index (χ0) is 15.4. The summed E-state index contributed by atoms with van der Waals surface area (Å²) in [6, 6.07) is 9.36. The van der Waals surface area contributed by atoms with Gasteiger partial charge >= 0.3 is 0 Å². The highest BCUT2D eigenvalue weighted by Crippen LogP contribution is 2.36. The zero-order valence-electron chi connectivity index (χ0n) is 12.1. The summed E-state index contributed by atoms with van der Waals surface area (Å²) in [6.07, 6.45) is 3.62. The van der Waals surface area contributed by atoms with Crippen molar-refractivity contribution in [2.45, 2.75) is 25.1 Å². The van der Waals surface area contributed by atoms with Gasteiger partial charge in [-0.15, -0.1) is 0 Å². The lowest BCUT2D eigenvalue weighted by Crippen LogP contribution is -2.46. The highest BCUT2D eigenvalue weighted by molar-refractivity contribution is 5.62. The molecule has 2 atom stereocenters. The highest BCUT2D eigenvalue weighted by Gasteiger charge is 2.37. The van der Waals surface area contributed by atoms with E-state index in [9.17, 15) is 8.78 Å². The van der Waals surface area contributed by atoms with Crippen LogP contribution in [0.2, 0.25) is 0 Å². The van der Waals surface area contributed by atoms with Crippen molar-refractivity contribution in [3.63, 3.8) is 0 Å². The first-order valence-corrected chi connectivity index (χ1v) is 7.40. The van der Waals surface area contributed by atoms with Crippen LogP contribution in [-0.2, 0) is 0 Å². The standard InChI is InChI=1S/C16H18F2N4/c17-8-9-20-15-10-19-11-16(21-15)22(14-7-6-13(14)18)12-4-2-1-3-5-12/h1-5,10-11,13-14H,6-9H2,(H,20,21)/t13-,14?/m1/s1. The summed E-state index contributed by atoms with van der Waals surface area (Å²) in [4.78, 5) is 10.5. The van der Waals surface area contributed by atoms with Gasteiger partial charge in [0.05, 0.1) is 18.4 Å². The van der Waals surface area contributed by atoms with E-state index in [0.29, 0.717) is 18.1 Å². The van der Waals surface area contributed by atoms with Gasteiger partial charge in [-0.25, -0.2) is 13.8 Å². The molecule has 0 bridgehead atoms. The molecule has 0 radical (unpaired) electrons. The monoisotopic (exact) mass is 304 g/mol. The zero-order valence-corrected chi connectivity index (χ0v) is 12.1. The molecule has 1 heterocycles. The number of aromatic nitrogens is 2. The Bertz CT molecular complexity index is 608. The SMILES string of the molecule is FCCNc1cncc(N(c2ccccc2)C2CC[C@H]2F)n1. The number of hydrogen-bond acceptors (Lipinski definition) is 4. The van der Waals surface area contributed by atoms with Gasteiger partial charge in [0.25, 0.3) is 0 Å². The van der Waals surface area contributed by atoms with Crippen molar-refractivity contribution in [1.29, 1.82) is 0 Å². The Morgan fingerprint density at radius 2 is 2.00 bits per heavy atom. The first kappa shape index (κ1) is 14.7. The lowest BCUT2D eigenvalue weighted by molar-refractivity contribution is 0.171. The van der Waals surface area contributed by atoms with Crippen molar-refractivity contribution in [3.8, 4) is 0 Å². The molecule has 0 amide bonds. The smallest absolute Gasteiger partial charge is 0.154 e. The Morgan fingerprint density at radius 1 is 1.18 bits per heavy atom. The number of benzene rings is 1. The molecule has 0 aliphatic heterocycles. The number of hydrogen-bond donors (Lipinski definition) is 1.